The van der Waals surface area contributed by atoms with E-state index in [1.165, 1.54) is 43.7 Å². The maximum absolute atomic E-state index is 11.3. The number of benzene rings is 1. The molecule has 1 aliphatic rings. The average Bonchev–Trinajstić information content (AvgIpc) is 2.92. The van der Waals surface area contributed by atoms with E-state index < -0.39 is 5.60 Å². The molecule has 124 valence electrons. The van der Waals surface area contributed by atoms with Gasteiger partial charge in [0.1, 0.15) is 6.54 Å². The predicted octanol–water partition coefficient (Wildman–Crippen LogP) is 1.78. The minimum atomic E-state index is -1.30. The van der Waals surface area contributed by atoms with Crippen molar-refractivity contribution in [3.8, 4) is 11.8 Å². The fourth-order valence-corrected chi connectivity index (χ4v) is 3.27. The highest BCUT2D eigenvalue weighted by Crippen LogP contribution is 2.28. The molecule has 0 unspecified atom stereocenters. The van der Waals surface area contributed by atoms with Crippen LogP contribution in [-0.2, 0) is 5.60 Å². The fraction of sp³-hybridized carbons (Fsp3) is 0.381. The molecule has 3 nitrogen and oxygen atoms in total. The summed E-state index contributed by atoms with van der Waals surface area (Å²) in [6.45, 7) is 3.16. The van der Waals surface area contributed by atoms with E-state index in [4.69, 9.17) is 0 Å². The van der Waals surface area contributed by atoms with E-state index in [2.05, 4.69) is 16.8 Å². The molecule has 0 radical (unpaired) electrons. The smallest absolute Gasteiger partial charge is 0.178 e. The van der Waals surface area contributed by atoms with Crippen LogP contribution in [-0.4, -0.2) is 29.7 Å². The molecule has 1 aliphatic heterocycles. The zero-order valence-electron chi connectivity index (χ0n) is 14.0. The molecule has 1 fully saturated rings. The second-order valence-electron chi connectivity index (χ2n) is 6.46. The zero-order chi connectivity index (χ0) is 16.7. The van der Waals surface area contributed by atoms with Crippen molar-refractivity contribution >= 4 is 0 Å². The highest BCUT2D eigenvalue weighted by molar-refractivity contribution is 5.43. The lowest BCUT2D eigenvalue weighted by molar-refractivity contribution is -0.891. The largest absolute Gasteiger partial charge is 0.369 e. The number of likely N-dealkylation sites (tertiary alicyclic amines) is 1. The van der Waals surface area contributed by atoms with Crippen molar-refractivity contribution in [2.75, 3.05) is 19.6 Å². The maximum atomic E-state index is 11.3. The van der Waals surface area contributed by atoms with Crippen molar-refractivity contribution in [2.45, 2.75) is 31.3 Å². The first-order valence-electron chi connectivity index (χ1n) is 8.81. The highest BCUT2D eigenvalue weighted by atomic mass is 16.3. The van der Waals surface area contributed by atoms with Crippen LogP contribution in [0.3, 0.4) is 0 Å². The van der Waals surface area contributed by atoms with Crippen molar-refractivity contribution in [3.63, 3.8) is 0 Å². The Bertz CT molecular complexity index is 641. The first-order chi connectivity index (χ1) is 11.8. The summed E-state index contributed by atoms with van der Waals surface area (Å²) < 4.78 is 0. The molecular weight excluding hydrogens is 296 g/mol. The molecule has 3 heteroatoms. The van der Waals surface area contributed by atoms with Crippen molar-refractivity contribution in [2.24, 2.45) is 0 Å². The van der Waals surface area contributed by atoms with Gasteiger partial charge in [0.05, 0.1) is 13.1 Å². The number of rotatable bonds is 3. The molecule has 0 aliphatic carbocycles. The van der Waals surface area contributed by atoms with Gasteiger partial charge in [0.2, 0.25) is 0 Å². The third kappa shape index (κ3) is 4.03. The Morgan fingerprint density at radius 3 is 2.33 bits per heavy atom. The lowest BCUT2D eigenvalue weighted by atomic mass is 9.88. The third-order valence-corrected chi connectivity index (χ3v) is 4.69. The van der Waals surface area contributed by atoms with Crippen LogP contribution in [0.2, 0.25) is 0 Å². The number of aliphatic hydroxyl groups is 1. The number of pyridine rings is 1. The van der Waals surface area contributed by atoms with Crippen LogP contribution < -0.4 is 4.90 Å². The molecule has 0 amide bonds. The molecule has 24 heavy (non-hydrogen) atoms. The summed E-state index contributed by atoms with van der Waals surface area (Å²) >= 11 is 0. The highest BCUT2D eigenvalue weighted by Gasteiger charge is 2.29. The summed E-state index contributed by atoms with van der Waals surface area (Å²) in [5.74, 6) is 6.40. The quantitative estimate of drug-likeness (QED) is 0.846. The summed E-state index contributed by atoms with van der Waals surface area (Å²) in [5, 5.41) is 11.3. The SMILES string of the molecule is O[C@@](C#CC[NH+]1CCCCCC1)(c1ccccc1)c1cccnc1. The Balaban J connectivity index is 1.85. The van der Waals surface area contributed by atoms with Gasteiger partial charge in [0.15, 0.2) is 5.60 Å². The van der Waals surface area contributed by atoms with Crippen LogP contribution in [0.4, 0.5) is 0 Å². The number of nitrogens with one attached hydrogen (secondary N) is 1. The second-order valence-corrected chi connectivity index (χ2v) is 6.46. The monoisotopic (exact) mass is 321 g/mol. The summed E-state index contributed by atoms with van der Waals surface area (Å²) in [6.07, 6.45) is 8.64. The van der Waals surface area contributed by atoms with Gasteiger partial charge in [0.25, 0.3) is 0 Å². The molecule has 1 atom stereocenters. The average molecular weight is 321 g/mol. The Labute approximate surface area is 144 Å². The Morgan fingerprint density at radius 1 is 0.958 bits per heavy atom. The molecule has 0 bridgehead atoms. The van der Waals surface area contributed by atoms with Gasteiger partial charge in [-0.1, -0.05) is 42.3 Å². The van der Waals surface area contributed by atoms with Crippen LogP contribution in [0.1, 0.15) is 36.8 Å². The zero-order valence-corrected chi connectivity index (χ0v) is 14.0. The van der Waals surface area contributed by atoms with Gasteiger partial charge in [-0.05, 0) is 37.7 Å². The van der Waals surface area contributed by atoms with Gasteiger partial charge in [-0.3, -0.25) is 4.98 Å². The van der Waals surface area contributed by atoms with Gasteiger partial charge in [-0.25, -0.2) is 0 Å². The third-order valence-electron chi connectivity index (χ3n) is 4.69. The van der Waals surface area contributed by atoms with Gasteiger partial charge in [-0.15, -0.1) is 0 Å². The molecule has 1 aromatic heterocycles. The molecular formula is C21H25N2O+. The van der Waals surface area contributed by atoms with E-state index in [0.717, 1.165) is 17.7 Å². The van der Waals surface area contributed by atoms with E-state index in [-0.39, 0.29) is 0 Å². The van der Waals surface area contributed by atoms with E-state index in [1.807, 2.05) is 42.5 Å². The number of hydrogen-bond acceptors (Lipinski definition) is 2. The van der Waals surface area contributed by atoms with Crippen molar-refractivity contribution < 1.29 is 10.0 Å². The topological polar surface area (TPSA) is 37.6 Å². The number of quaternary nitrogens is 1. The van der Waals surface area contributed by atoms with Crippen molar-refractivity contribution in [3.05, 3.63) is 66.0 Å². The second kappa shape index (κ2) is 8.10. The number of hydrogen-bond donors (Lipinski definition) is 2. The molecule has 2 heterocycles. The molecule has 2 N–H and O–H groups in total. The molecule has 1 aromatic carbocycles. The van der Waals surface area contributed by atoms with Crippen LogP contribution >= 0.6 is 0 Å². The van der Waals surface area contributed by atoms with Crippen LogP contribution in [0.15, 0.2) is 54.9 Å². The van der Waals surface area contributed by atoms with Gasteiger partial charge in [-0.2, -0.15) is 0 Å². The molecule has 0 spiro atoms. The molecule has 0 saturated carbocycles. The normalized spacial score (nSPS) is 18.0. The summed E-state index contributed by atoms with van der Waals surface area (Å²) in [4.78, 5) is 5.68. The molecule has 3 rings (SSSR count). The maximum Gasteiger partial charge on any atom is 0.178 e. The first-order valence-corrected chi connectivity index (χ1v) is 8.81. The van der Waals surface area contributed by atoms with E-state index in [9.17, 15) is 5.11 Å². The molecule has 2 aromatic rings. The summed E-state index contributed by atoms with van der Waals surface area (Å²) in [5.41, 5.74) is 0.201. The number of aromatic nitrogens is 1. The van der Waals surface area contributed by atoms with Crippen LogP contribution in [0.25, 0.3) is 0 Å². The summed E-state index contributed by atoms with van der Waals surface area (Å²) in [6, 6.07) is 13.4. The lowest BCUT2D eigenvalue weighted by Crippen LogP contribution is -3.11. The van der Waals surface area contributed by atoms with Crippen LogP contribution in [0.5, 0.6) is 0 Å². The van der Waals surface area contributed by atoms with E-state index in [1.54, 1.807) is 12.4 Å². The minimum absolute atomic E-state index is 0.717. The Hall–Kier alpha value is -2.15. The van der Waals surface area contributed by atoms with Gasteiger partial charge < -0.3 is 10.0 Å². The standard InChI is InChI=1S/C21H24N2O/c24-21(19-10-4-3-5-11-19,20-12-8-14-22-18-20)13-9-17-23-15-6-1-2-7-16-23/h3-5,8,10-12,14,18,24H,1-2,6-7,15-17H2/p+1/t21-/m0/s1. The van der Waals surface area contributed by atoms with Gasteiger partial charge >= 0.3 is 0 Å². The lowest BCUT2D eigenvalue weighted by Gasteiger charge is -2.23. The fourth-order valence-electron chi connectivity index (χ4n) is 3.27. The predicted molar refractivity (Wildman–Crippen MR) is 95.5 cm³/mol. The van der Waals surface area contributed by atoms with Crippen LogP contribution in [0, 0.1) is 11.8 Å². The van der Waals surface area contributed by atoms with E-state index in [0.29, 0.717) is 0 Å². The number of nitrogens with zero attached hydrogens (tertiary/aromatic N) is 1. The Morgan fingerprint density at radius 2 is 1.67 bits per heavy atom. The minimum Gasteiger partial charge on any atom is -0.369 e. The first kappa shape index (κ1) is 16.7. The summed E-state index contributed by atoms with van der Waals surface area (Å²) in [7, 11) is 0. The van der Waals surface area contributed by atoms with E-state index >= 15 is 0 Å². The van der Waals surface area contributed by atoms with Gasteiger partial charge in [0, 0.05) is 23.5 Å². The Kier molecular flexibility index (Phi) is 5.63. The molecule has 1 saturated heterocycles. The van der Waals surface area contributed by atoms with Crippen molar-refractivity contribution in [1.82, 2.24) is 4.98 Å². The van der Waals surface area contributed by atoms with Crippen molar-refractivity contribution in [1.29, 1.82) is 0 Å².